The molecule has 4 atom stereocenters. The molecule has 144 valence electrons. The van der Waals surface area contributed by atoms with Crippen LogP contribution in [-0.4, -0.2) is 47.8 Å². The molecule has 1 fully saturated rings. The average Bonchev–Trinajstić information content (AvgIpc) is 3.03. The topological polar surface area (TPSA) is 53.0 Å². The van der Waals surface area contributed by atoms with Gasteiger partial charge in [-0.15, -0.1) is 0 Å². The van der Waals surface area contributed by atoms with Crippen molar-refractivity contribution >= 4 is 11.7 Å². The average molecular weight is 368 g/mol. The first kappa shape index (κ1) is 17.1. The summed E-state index contributed by atoms with van der Waals surface area (Å²) >= 11 is 0. The van der Waals surface area contributed by atoms with Crippen molar-refractivity contribution in [2.75, 3.05) is 24.6 Å². The lowest BCUT2D eigenvalue weighted by Crippen LogP contribution is -2.53. The van der Waals surface area contributed by atoms with Crippen LogP contribution in [0.25, 0.3) is 0 Å². The molecule has 1 aromatic carbocycles. The number of hydrogen-bond donors (Lipinski definition) is 1. The molecule has 4 heterocycles. The van der Waals surface area contributed by atoms with Crippen LogP contribution < -0.4 is 4.90 Å². The van der Waals surface area contributed by atoms with Crippen LogP contribution in [0, 0.1) is 5.92 Å². The molecule has 0 saturated carbocycles. The third-order valence-corrected chi connectivity index (χ3v) is 6.93. The number of carboxylic acid groups (broad SMARTS) is 1. The van der Waals surface area contributed by atoms with E-state index in [1.54, 1.807) is 5.70 Å². The fourth-order valence-corrected chi connectivity index (χ4v) is 5.95. The fourth-order valence-electron chi connectivity index (χ4n) is 5.95. The van der Waals surface area contributed by atoms with Gasteiger partial charge in [0, 0.05) is 42.0 Å². The van der Waals surface area contributed by atoms with Gasteiger partial charge in [0.15, 0.2) is 0 Å². The Kier molecular flexibility index (Phi) is 4.15. The highest BCUT2D eigenvalue weighted by atomic mass is 16.5. The summed E-state index contributed by atoms with van der Waals surface area (Å²) in [6.45, 7) is 4.25. The van der Waals surface area contributed by atoms with Gasteiger partial charge in [0.25, 0.3) is 0 Å². The van der Waals surface area contributed by atoms with E-state index in [1.165, 1.54) is 49.3 Å². The van der Waals surface area contributed by atoms with E-state index < -0.39 is 5.97 Å². The minimum absolute atomic E-state index is 0.0562. The Morgan fingerprint density at radius 3 is 2.93 bits per heavy atom. The van der Waals surface area contributed by atoms with Crippen molar-refractivity contribution in [2.24, 2.45) is 5.92 Å². The van der Waals surface area contributed by atoms with Crippen LogP contribution in [0.3, 0.4) is 0 Å². The first-order valence-electron chi connectivity index (χ1n) is 10.4. The fraction of sp³-hybridized carbons (Fsp3) is 0.591. The summed E-state index contributed by atoms with van der Waals surface area (Å²) < 4.78 is 5.90. The number of aliphatic carboxylic acids is 1. The zero-order valence-corrected chi connectivity index (χ0v) is 15.9. The van der Waals surface area contributed by atoms with E-state index in [-0.39, 0.29) is 18.8 Å². The Balaban J connectivity index is 1.60. The zero-order chi connectivity index (χ0) is 18.5. The van der Waals surface area contributed by atoms with Gasteiger partial charge in [-0.2, -0.15) is 0 Å². The maximum absolute atomic E-state index is 11.1. The minimum Gasteiger partial charge on any atom is -0.480 e. The van der Waals surface area contributed by atoms with Crippen molar-refractivity contribution in [3.63, 3.8) is 0 Å². The minimum atomic E-state index is -0.884. The van der Waals surface area contributed by atoms with Crippen LogP contribution >= 0.6 is 0 Å². The molecule has 5 rings (SSSR count). The Bertz CT molecular complexity index is 790. The molecule has 1 aromatic rings. The highest BCUT2D eigenvalue weighted by Crippen LogP contribution is 2.56. The molecular weight excluding hydrogens is 340 g/mol. The van der Waals surface area contributed by atoms with Gasteiger partial charge in [-0.3, -0.25) is 0 Å². The van der Waals surface area contributed by atoms with Crippen molar-refractivity contribution < 1.29 is 14.6 Å². The zero-order valence-electron chi connectivity index (χ0n) is 15.9. The maximum Gasteiger partial charge on any atom is 0.329 e. The van der Waals surface area contributed by atoms with E-state index in [0.717, 1.165) is 12.8 Å². The summed E-state index contributed by atoms with van der Waals surface area (Å²) in [6, 6.07) is 9.03. The molecule has 4 aliphatic rings. The summed E-state index contributed by atoms with van der Waals surface area (Å²) in [5.74, 6) is 0.202. The molecule has 0 spiro atoms. The van der Waals surface area contributed by atoms with Crippen molar-refractivity contribution in [1.82, 2.24) is 4.90 Å². The molecule has 1 N–H and O–H groups in total. The number of anilines is 1. The number of ether oxygens (including phenoxy) is 1. The van der Waals surface area contributed by atoms with Gasteiger partial charge >= 0.3 is 5.97 Å². The van der Waals surface area contributed by atoms with E-state index in [9.17, 15) is 4.79 Å². The molecule has 5 nitrogen and oxygen atoms in total. The lowest BCUT2D eigenvalue weighted by Gasteiger charge is -2.51. The first-order chi connectivity index (χ1) is 13.2. The third-order valence-electron chi connectivity index (χ3n) is 6.93. The summed E-state index contributed by atoms with van der Waals surface area (Å²) in [5, 5.41) is 9.12. The van der Waals surface area contributed by atoms with Crippen LogP contribution in [0.5, 0.6) is 0 Å². The summed E-state index contributed by atoms with van der Waals surface area (Å²) in [4.78, 5) is 16.3. The molecule has 27 heavy (non-hydrogen) atoms. The molecular formula is C22H28N2O3. The number of allylic oxidation sites excluding steroid dienone is 2. The van der Waals surface area contributed by atoms with Gasteiger partial charge in [0.05, 0.1) is 12.1 Å². The number of piperidine rings is 1. The smallest absolute Gasteiger partial charge is 0.329 e. The van der Waals surface area contributed by atoms with Gasteiger partial charge in [-0.05, 0) is 43.7 Å². The van der Waals surface area contributed by atoms with Crippen LogP contribution in [0.15, 0.2) is 35.7 Å². The number of carbonyl (C=O) groups is 1. The molecule has 5 heteroatoms. The number of nitrogens with zero attached hydrogens (tertiary/aromatic N) is 2. The second-order valence-corrected chi connectivity index (χ2v) is 8.32. The number of benzene rings is 1. The number of carboxylic acids is 1. The lowest BCUT2D eigenvalue weighted by molar-refractivity contribution is -0.145. The van der Waals surface area contributed by atoms with Gasteiger partial charge in [-0.1, -0.05) is 25.1 Å². The van der Waals surface area contributed by atoms with Gasteiger partial charge in [-0.25, -0.2) is 4.79 Å². The van der Waals surface area contributed by atoms with Gasteiger partial charge < -0.3 is 19.6 Å². The number of rotatable bonds is 5. The Morgan fingerprint density at radius 1 is 1.26 bits per heavy atom. The van der Waals surface area contributed by atoms with Crippen molar-refractivity contribution in [2.45, 2.75) is 57.1 Å². The summed E-state index contributed by atoms with van der Waals surface area (Å²) in [7, 11) is 0. The second-order valence-electron chi connectivity index (χ2n) is 8.32. The summed E-state index contributed by atoms with van der Waals surface area (Å²) in [6.07, 6.45) is 5.53. The van der Waals surface area contributed by atoms with Crippen LogP contribution in [0.2, 0.25) is 0 Å². The molecule has 4 unspecified atom stereocenters. The summed E-state index contributed by atoms with van der Waals surface area (Å²) in [5.41, 5.74) is 5.85. The number of hydrogen-bond acceptors (Lipinski definition) is 4. The van der Waals surface area contributed by atoms with E-state index in [2.05, 4.69) is 41.0 Å². The highest BCUT2D eigenvalue weighted by molar-refractivity contribution is 5.71. The maximum atomic E-state index is 11.1. The largest absolute Gasteiger partial charge is 0.480 e. The predicted molar refractivity (Wildman–Crippen MR) is 104 cm³/mol. The van der Waals surface area contributed by atoms with Gasteiger partial charge in [0.1, 0.15) is 6.61 Å². The predicted octanol–water partition coefficient (Wildman–Crippen LogP) is 3.57. The SMILES string of the molecule is CCC(OCC(=O)O)C1CC2CCCN3CCC4C(=C23)N1c1ccccc14. The molecule has 0 radical (unpaired) electrons. The highest BCUT2D eigenvalue weighted by Gasteiger charge is 2.50. The van der Waals surface area contributed by atoms with Crippen molar-refractivity contribution in [3.8, 4) is 0 Å². The van der Waals surface area contributed by atoms with Crippen LogP contribution in [0.4, 0.5) is 5.69 Å². The Morgan fingerprint density at radius 2 is 2.11 bits per heavy atom. The van der Waals surface area contributed by atoms with E-state index in [1.807, 2.05) is 0 Å². The molecule has 1 saturated heterocycles. The standard InChI is InChI=1S/C22H28N2O3/c1-2-19(27-13-20(25)26)18-12-14-6-5-10-23-11-9-16-15-7-3-4-8-17(15)24(18)22(16)21(14)23/h3-4,7-8,14,16,18-19H,2,5-6,9-13H2,1H3,(H,25,26). The quantitative estimate of drug-likeness (QED) is 0.861. The Hall–Kier alpha value is -2.01. The third kappa shape index (κ3) is 2.59. The molecule has 0 bridgehead atoms. The molecule has 0 aliphatic carbocycles. The van der Waals surface area contributed by atoms with Crippen LogP contribution in [0.1, 0.15) is 50.5 Å². The lowest BCUT2D eigenvalue weighted by atomic mass is 9.77. The Labute approximate surface area is 160 Å². The monoisotopic (exact) mass is 368 g/mol. The van der Waals surface area contributed by atoms with Crippen LogP contribution in [-0.2, 0) is 9.53 Å². The van der Waals surface area contributed by atoms with Gasteiger partial charge in [0.2, 0.25) is 0 Å². The van der Waals surface area contributed by atoms with E-state index in [0.29, 0.717) is 11.8 Å². The molecule has 0 aromatic heterocycles. The van der Waals surface area contributed by atoms with E-state index in [4.69, 9.17) is 9.84 Å². The molecule has 0 amide bonds. The van der Waals surface area contributed by atoms with E-state index >= 15 is 0 Å². The van der Waals surface area contributed by atoms with Crippen molar-refractivity contribution in [1.29, 1.82) is 0 Å². The first-order valence-corrected chi connectivity index (χ1v) is 10.4. The van der Waals surface area contributed by atoms with Crippen molar-refractivity contribution in [3.05, 3.63) is 41.2 Å². The number of fused-ring (bicyclic) bond motifs is 3. The number of para-hydroxylation sites is 1. The second kappa shape index (κ2) is 6.55. The molecule has 4 aliphatic heterocycles. The normalized spacial score (nSPS) is 29.4.